The van der Waals surface area contributed by atoms with Crippen LogP contribution in [0.2, 0.25) is 0 Å². The molecule has 1 aliphatic heterocycles. The van der Waals surface area contributed by atoms with Crippen LogP contribution in [0.1, 0.15) is 50.0 Å². The highest BCUT2D eigenvalue weighted by molar-refractivity contribution is 5.92. The molecular formula is C17H27N3O. The monoisotopic (exact) mass is 289 g/mol. The molecule has 0 N–H and O–H groups in total. The predicted octanol–water partition coefficient (Wildman–Crippen LogP) is 3.19. The Morgan fingerprint density at radius 2 is 2.29 bits per heavy atom. The van der Waals surface area contributed by atoms with Crippen molar-refractivity contribution >= 4 is 11.6 Å². The zero-order valence-corrected chi connectivity index (χ0v) is 13.5. The van der Waals surface area contributed by atoms with Gasteiger partial charge in [0, 0.05) is 26.7 Å². The van der Waals surface area contributed by atoms with Gasteiger partial charge in [0.1, 0.15) is 5.69 Å². The molecule has 1 fully saturated rings. The number of anilines is 1. The van der Waals surface area contributed by atoms with Gasteiger partial charge in [-0.3, -0.25) is 4.79 Å². The third-order valence-corrected chi connectivity index (χ3v) is 4.20. The van der Waals surface area contributed by atoms with Crippen molar-refractivity contribution in [3.05, 3.63) is 24.0 Å². The van der Waals surface area contributed by atoms with E-state index >= 15 is 0 Å². The fourth-order valence-corrected chi connectivity index (χ4v) is 2.80. The molecule has 0 spiro atoms. The standard InChI is InChI=1S/C17H27N3O/c1-4-5-10-19(3)15-8-9-16(18-12-15)17(21)20-11-6-7-14(2)13-20/h8-9,12,14H,4-7,10-11,13H2,1-3H3. The third kappa shape index (κ3) is 4.19. The van der Waals surface area contributed by atoms with Gasteiger partial charge in [-0.1, -0.05) is 20.3 Å². The number of amides is 1. The molecular weight excluding hydrogens is 262 g/mol. The molecule has 21 heavy (non-hydrogen) atoms. The van der Waals surface area contributed by atoms with E-state index in [0.29, 0.717) is 11.6 Å². The summed E-state index contributed by atoms with van der Waals surface area (Å²) in [4.78, 5) is 21.0. The lowest BCUT2D eigenvalue weighted by Crippen LogP contribution is -2.39. The van der Waals surface area contributed by atoms with Gasteiger partial charge in [-0.15, -0.1) is 0 Å². The van der Waals surface area contributed by atoms with Gasteiger partial charge in [0.15, 0.2) is 0 Å². The fraction of sp³-hybridized carbons (Fsp3) is 0.647. The molecule has 0 radical (unpaired) electrons. The molecule has 116 valence electrons. The molecule has 2 heterocycles. The van der Waals surface area contributed by atoms with Crippen LogP contribution in [-0.2, 0) is 0 Å². The Hall–Kier alpha value is -1.58. The highest BCUT2D eigenvalue weighted by atomic mass is 16.2. The first-order valence-electron chi connectivity index (χ1n) is 8.08. The van der Waals surface area contributed by atoms with Gasteiger partial charge in [-0.25, -0.2) is 4.98 Å². The topological polar surface area (TPSA) is 36.4 Å². The minimum atomic E-state index is 0.0734. The molecule has 0 aromatic carbocycles. The summed E-state index contributed by atoms with van der Waals surface area (Å²) >= 11 is 0. The zero-order valence-electron chi connectivity index (χ0n) is 13.5. The molecule has 1 aliphatic rings. The van der Waals surface area contributed by atoms with Crippen LogP contribution in [0.15, 0.2) is 18.3 Å². The summed E-state index contributed by atoms with van der Waals surface area (Å²) in [6.07, 6.45) is 6.49. The van der Waals surface area contributed by atoms with Crippen LogP contribution < -0.4 is 4.90 Å². The second-order valence-electron chi connectivity index (χ2n) is 6.18. The second-order valence-corrected chi connectivity index (χ2v) is 6.18. The average Bonchev–Trinajstić information content (AvgIpc) is 2.52. The maximum atomic E-state index is 12.4. The molecule has 4 nitrogen and oxygen atoms in total. The summed E-state index contributed by atoms with van der Waals surface area (Å²) in [6.45, 7) is 7.14. The van der Waals surface area contributed by atoms with Gasteiger partial charge in [-0.05, 0) is 37.3 Å². The van der Waals surface area contributed by atoms with E-state index in [9.17, 15) is 4.79 Å². The summed E-state index contributed by atoms with van der Waals surface area (Å²) in [5.74, 6) is 0.673. The first-order valence-corrected chi connectivity index (χ1v) is 8.08. The normalized spacial score (nSPS) is 18.6. The molecule has 0 aliphatic carbocycles. The Bertz CT molecular complexity index is 458. The number of hydrogen-bond acceptors (Lipinski definition) is 3. The van der Waals surface area contributed by atoms with Crippen molar-refractivity contribution in [1.82, 2.24) is 9.88 Å². The highest BCUT2D eigenvalue weighted by Gasteiger charge is 2.22. The highest BCUT2D eigenvalue weighted by Crippen LogP contribution is 2.18. The Morgan fingerprint density at radius 1 is 1.48 bits per heavy atom. The second kappa shape index (κ2) is 7.43. The Labute approximate surface area is 128 Å². The lowest BCUT2D eigenvalue weighted by atomic mass is 10.00. The maximum Gasteiger partial charge on any atom is 0.272 e. The zero-order chi connectivity index (χ0) is 15.2. The number of unbranched alkanes of at least 4 members (excludes halogenated alkanes) is 1. The van der Waals surface area contributed by atoms with Crippen molar-refractivity contribution in [2.45, 2.75) is 39.5 Å². The van der Waals surface area contributed by atoms with E-state index in [4.69, 9.17) is 0 Å². The summed E-state index contributed by atoms with van der Waals surface area (Å²) in [6, 6.07) is 3.86. The van der Waals surface area contributed by atoms with E-state index in [1.807, 2.05) is 23.2 Å². The molecule has 1 atom stereocenters. The molecule has 1 saturated heterocycles. The largest absolute Gasteiger partial charge is 0.373 e. The number of aromatic nitrogens is 1. The van der Waals surface area contributed by atoms with E-state index < -0.39 is 0 Å². The number of piperidine rings is 1. The number of nitrogens with zero attached hydrogens (tertiary/aromatic N) is 3. The van der Waals surface area contributed by atoms with E-state index in [0.717, 1.165) is 31.7 Å². The molecule has 1 aromatic rings. The lowest BCUT2D eigenvalue weighted by molar-refractivity contribution is 0.0677. The number of rotatable bonds is 5. The van der Waals surface area contributed by atoms with Crippen molar-refractivity contribution in [2.24, 2.45) is 5.92 Å². The molecule has 2 rings (SSSR count). The third-order valence-electron chi connectivity index (χ3n) is 4.20. The van der Waals surface area contributed by atoms with E-state index in [1.165, 1.54) is 19.3 Å². The number of carbonyl (C=O) groups is 1. The molecule has 1 aromatic heterocycles. The van der Waals surface area contributed by atoms with Crippen molar-refractivity contribution in [3.63, 3.8) is 0 Å². The smallest absolute Gasteiger partial charge is 0.272 e. The van der Waals surface area contributed by atoms with Gasteiger partial charge in [0.2, 0.25) is 0 Å². The van der Waals surface area contributed by atoms with Gasteiger partial charge < -0.3 is 9.80 Å². The molecule has 4 heteroatoms. The van der Waals surface area contributed by atoms with Crippen LogP contribution >= 0.6 is 0 Å². The first-order chi connectivity index (χ1) is 10.1. The summed E-state index contributed by atoms with van der Waals surface area (Å²) in [7, 11) is 2.07. The van der Waals surface area contributed by atoms with Gasteiger partial charge in [0.25, 0.3) is 5.91 Å². The number of pyridine rings is 1. The lowest BCUT2D eigenvalue weighted by Gasteiger charge is -2.30. The number of likely N-dealkylation sites (tertiary alicyclic amines) is 1. The Morgan fingerprint density at radius 3 is 2.90 bits per heavy atom. The maximum absolute atomic E-state index is 12.4. The molecule has 1 unspecified atom stereocenters. The molecule has 1 amide bonds. The fourth-order valence-electron chi connectivity index (χ4n) is 2.80. The van der Waals surface area contributed by atoms with Crippen molar-refractivity contribution in [3.8, 4) is 0 Å². The van der Waals surface area contributed by atoms with Crippen LogP contribution in [0.3, 0.4) is 0 Å². The number of hydrogen-bond donors (Lipinski definition) is 0. The van der Waals surface area contributed by atoms with Crippen LogP contribution in [-0.4, -0.2) is 42.5 Å². The Balaban J connectivity index is 1.99. The quantitative estimate of drug-likeness (QED) is 0.835. The SMILES string of the molecule is CCCCN(C)c1ccc(C(=O)N2CCCC(C)C2)nc1. The van der Waals surface area contributed by atoms with Gasteiger partial charge in [-0.2, -0.15) is 0 Å². The van der Waals surface area contributed by atoms with E-state index in [1.54, 1.807) is 0 Å². The van der Waals surface area contributed by atoms with Crippen molar-refractivity contribution in [2.75, 3.05) is 31.6 Å². The van der Waals surface area contributed by atoms with Crippen LogP contribution in [0, 0.1) is 5.92 Å². The average molecular weight is 289 g/mol. The van der Waals surface area contributed by atoms with Crippen molar-refractivity contribution in [1.29, 1.82) is 0 Å². The van der Waals surface area contributed by atoms with Crippen LogP contribution in [0.25, 0.3) is 0 Å². The van der Waals surface area contributed by atoms with E-state index in [2.05, 4.69) is 30.8 Å². The summed E-state index contributed by atoms with van der Waals surface area (Å²) in [5, 5.41) is 0. The Kier molecular flexibility index (Phi) is 5.59. The minimum absolute atomic E-state index is 0.0734. The van der Waals surface area contributed by atoms with Crippen LogP contribution in [0.4, 0.5) is 5.69 Å². The molecule has 0 bridgehead atoms. The van der Waals surface area contributed by atoms with Gasteiger partial charge in [0.05, 0.1) is 11.9 Å². The number of carbonyl (C=O) groups excluding carboxylic acids is 1. The predicted molar refractivity (Wildman–Crippen MR) is 86.7 cm³/mol. The summed E-state index contributed by atoms with van der Waals surface area (Å²) in [5.41, 5.74) is 1.64. The van der Waals surface area contributed by atoms with Crippen molar-refractivity contribution < 1.29 is 4.79 Å². The summed E-state index contributed by atoms with van der Waals surface area (Å²) < 4.78 is 0. The molecule has 0 saturated carbocycles. The van der Waals surface area contributed by atoms with Crippen LogP contribution in [0.5, 0.6) is 0 Å². The minimum Gasteiger partial charge on any atom is -0.373 e. The van der Waals surface area contributed by atoms with E-state index in [-0.39, 0.29) is 5.91 Å². The first kappa shape index (κ1) is 15.8. The van der Waals surface area contributed by atoms with Gasteiger partial charge >= 0.3 is 0 Å².